The number of ether oxygens (including phenoxy) is 1. The van der Waals surface area contributed by atoms with Crippen molar-refractivity contribution < 1.29 is 22.4 Å². The van der Waals surface area contributed by atoms with Gasteiger partial charge in [-0.3, -0.25) is 9.52 Å². The minimum Gasteiger partial charge on any atom is -0.494 e. The molecule has 0 spiro atoms. The van der Waals surface area contributed by atoms with Crippen molar-refractivity contribution in [2.24, 2.45) is 5.10 Å². The van der Waals surface area contributed by atoms with E-state index in [0.717, 1.165) is 17.4 Å². The molecule has 0 radical (unpaired) electrons. The van der Waals surface area contributed by atoms with Crippen molar-refractivity contribution >= 4 is 27.3 Å². The van der Waals surface area contributed by atoms with E-state index in [1.54, 1.807) is 30.3 Å². The molecule has 3 aromatic rings. The molecule has 4 rings (SSSR count). The molecule has 32 heavy (non-hydrogen) atoms. The van der Waals surface area contributed by atoms with Crippen LogP contribution in [0.1, 0.15) is 41.1 Å². The van der Waals surface area contributed by atoms with Crippen LogP contribution in [0.4, 0.5) is 5.69 Å². The number of nitrogens with zero attached hydrogens (tertiary/aromatic N) is 2. The molecule has 1 unspecified atom stereocenters. The van der Waals surface area contributed by atoms with E-state index in [-0.39, 0.29) is 17.7 Å². The minimum atomic E-state index is -3.42. The first-order valence-electron chi connectivity index (χ1n) is 10.1. The molecule has 1 amide bonds. The van der Waals surface area contributed by atoms with E-state index < -0.39 is 10.0 Å². The van der Waals surface area contributed by atoms with E-state index in [2.05, 4.69) is 9.82 Å². The lowest BCUT2D eigenvalue weighted by atomic mass is 9.98. The van der Waals surface area contributed by atoms with E-state index in [0.29, 0.717) is 30.2 Å². The number of hydrazone groups is 1. The number of hydrogen-bond donors (Lipinski definition) is 1. The Morgan fingerprint density at radius 3 is 2.72 bits per heavy atom. The highest BCUT2D eigenvalue weighted by Crippen LogP contribution is 2.35. The monoisotopic (exact) mass is 453 g/mol. The standard InChI is InChI=1S/C23H23N3O5S/c1-3-30-19-10-5-8-17(14-19)21-15-20(24-26(21)23(27)22-11-6-12-31-22)16-7-4-9-18(13-16)25-32(2,28)29/h4-14,21,25H,3,15H2,1-2H3. The van der Waals surface area contributed by atoms with Crippen LogP contribution >= 0.6 is 0 Å². The summed E-state index contributed by atoms with van der Waals surface area (Å²) in [5, 5.41) is 6.02. The van der Waals surface area contributed by atoms with Crippen LogP contribution < -0.4 is 9.46 Å². The molecule has 0 saturated carbocycles. The van der Waals surface area contributed by atoms with Crippen molar-refractivity contribution in [3.63, 3.8) is 0 Å². The van der Waals surface area contributed by atoms with Crippen LogP contribution in [0.2, 0.25) is 0 Å². The van der Waals surface area contributed by atoms with Crippen molar-refractivity contribution in [2.75, 3.05) is 17.6 Å². The fourth-order valence-electron chi connectivity index (χ4n) is 3.60. The number of benzene rings is 2. The third-order valence-electron chi connectivity index (χ3n) is 4.90. The normalized spacial score (nSPS) is 16.0. The van der Waals surface area contributed by atoms with Crippen molar-refractivity contribution in [1.29, 1.82) is 0 Å². The van der Waals surface area contributed by atoms with Crippen molar-refractivity contribution in [2.45, 2.75) is 19.4 Å². The first kappa shape index (κ1) is 21.6. The highest BCUT2D eigenvalue weighted by Gasteiger charge is 2.35. The molecule has 1 aromatic heterocycles. The van der Waals surface area contributed by atoms with Gasteiger partial charge in [0.05, 0.1) is 30.9 Å². The summed E-state index contributed by atoms with van der Waals surface area (Å²) >= 11 is 0. The number of amides is 1. The maximum Gasteiger partial charge on any atom is 0.310 e. The van der Waals surface area contributed by atoms with Crippen molar-refractivity contribution in [3.8, 4) is 5.75 Å². The number of sulfonamides is 1. The molecule has 2 heterocycles. The number of carbonyl (C=O) groups is 1. The minimum absolute atomic E-state index is 0.188. The van der Waals surface area contributed by atoms with Crippen LogP contribution in [0, 0.1) is 0 Å². The molecule has 0 saturated heterocycles. The zero-order valence-corrected chi connectivity index (χ0v) is 18.5. The third kappa shape index (κ3) is 4.83. The molecule has 1 N–H and O–H groups in total. The Bertz CT molecular complexity index is 1250. The Balaban J connectivity index is 1.70. The number of nitrogens with one attached hydrogen (secondary N) is 1. The van der Waals surface area contributed by atoms with Gasteiger partial charge in [0.25, 0.3) is 0 Å². The Morgan fingerprint density at radius 2 is 2.00 bits per heavy atom. The smallest absolute Gasteiger partial charge is 0.310 e. The van der Waals surface area contributed by atoms with Crippen molar-refractivity contribution in [1.82, 2.24) is 5.01 Å². The van der Waals surface area contributed by atoms with Gasteiger partial charge in [-0.15, -0.1) is 0 Å². The molecule has 0 aliphatic carbocycles. The molecule has 0 fully saturated rings. The lowest BCUT2D eigenvalue weighted by Gasteiger charge is -2.21. The Morgan fingerprint density at radius 1 is 1.19 bits per heavy atom. The van der Waals surface area contributed by atoms with E-state index >= 15 is 0 Å². The summed E-state index contributed by atoms with van der Waals surface area (Å²) in [6, 6.07) is 17.4. The van der Waals surface area contributed by atoms with E-state index in [9.17, 15) is 13.2 Å². The summed E-state index contributed by atoms with van der Waals surface area (Å²) < 4.78 is 36.6. The van der Waals surface area contributed by atoms with E-state index in [1.165, 1.54) is 11.3 Å². The summed E-state index contributed by atoms with van der Waals surface area (Å²) in [5.41, 5.74) is 2.69. The van der Waals surface area contributed by atoms with Crippen LogP contribution in [0.5, 0.6) is 5.75 Å². The first-order chi connectivity index (χ1) is 15.3. The predicted octanol–water partition coefficient (Wildman–Crippen LogP) is 4.04. The molecule has 2 aromatic carbocycles. The average Bonchev–Trinajstić information content (AvgIpc) is 3.43. The Labute approximate surface area is 186 Å². The number of hydrogen-bond acceptors (Lipinski definition) is 6. The van der Waals surface area contributed by atoms with Gasteiger partial charge in [0.1, 0.15) is 5.75 Å². The van der Waals surface area contributed by atoms with Gasteiger partial charge in [0.2, 0.25) is 10.0 Å². The highest BCUT2D eigenvalue weighted by atomic mass is 32.2. The van der Waals surface area contributed by atoms with Gasteiger partial charge >= 0.3 is 5.91 Å². The van der Waals surface area contributed by atoms with Gasteiger partial charge in [-0.25, -0.2) is 13.4 Å². The molecule has 1 atom stereocenters. The van der Waals surface area contributed by atoms with Crippen LogP contribution in [0.15, 0.2) is 76.4 Å². The quantitative estimate of drug-likeness (QED) is 0.582. The average molecular weight is 454 g/mol. The fourth-order valence-corrected chi connectivity index (χ4v) is 4.15. The maximum absolute atomic E-state index is 13.1. The topological polar surface area (TPSA) is 101 Å². The van der Waals surface area contributed by atoms with Gasteiger partial charge in [-0.2, -0.15) is 5.10 Å². The Kier molecular flexibility index (Phi) is 6.00. The van der Waals surface area contributed by atoms with Gasteiger partial charge in [0.15, 0.2) is 5.76 Å². The summed E-state index contributed by atoms with van der Waals surface area (Å²) in [6.07, 6.45) is 2.99. The second-order valence-corrected chi connectivity index (χ2v) is 9.10. The van der Waals surface area contributed by atoms with Gasteiger partial charge in [0, 0.05) is 12.1 Å². The zero-order chi connectivity index (χ0) is 22.7. The lowest BCUT2D eigenvalue weighted by Crippen LogP contribution is -2.26. The van der Waals surface area contributed by atoms with Crippen LogP contribution in [-0.2, 0) is 10.0 Å². The first-order valence-corrected chi connectivity index (χ1v) is 12.0. The molecular weight excluding hydrogens is 430 g/mol. The maximum atomic E-state index is 13.1. The lowest BCUT2D eigenvalue weighted by molar-refractivity contribution is 0.0678. The summed E-state index contributed by atoms with van der Waals surface area (Å²) in [4.78, 5) is 13.1. The van der Waals surface area contributed by atoms with Gasteiger partial charge in [-0.05, 0) is 54.4 Å². The number of anilines is 1. The third-order valence-corrected chi connectivity index (χ3v) is 5.51. The van der Waals surface area contributed by atoms with E-state index in [1.807, 2.05) is 37.3 Å². The van der Waals surface area contributed by atoms with Gasteiger partial charge < -0.3 is 9.15 Å². The Hall–Kier alpha value is -3.59. The second-order valence-electron chi connectivity index (χ2n) is 7.35. The van der Waals surface area contributed by atoms with E-state index in [4.69, 9.17) is 9.15 Å². The molecular formula is C23H23N3O5S. The highest BCUT2D eigenvalue weighted by molar-refractivity contribution is 7.92. The summed E-state index contributed by atoms with van der Waals surface area (Å²) in [7, 11) is -3.42. The number of furan rings is 1. The molecule has 1 aliphatic heterocycles. The largest absolute Gasteiger partial charge is 0.494 e. The zero-order valence-electron chi connectivity index (χ0n) is 17.7. The van der Waals surface area contributed by atoms with Crippen LogP contribution in [0.3, 0.4) is 0 Å². The van der Waals surface area contributed by atoms with Gasteiger partial charge in [-0.1, -0.05) is 24.3 Å². The molecule has 166 valence electrons. The van der Waals surface area contributed by atoms with Crippen molar-refractivity contribution in [3.05, 3.63) is 83.8 Å². The molecule has 8 nitrogen and oxygen atoms in total. The summed E-state index contributed by atoms with van der Waals surface area (Å²) in [5.74, 6) is 0.541. The number of carbonyl (C=O) groups excluding carboxylic acids is 1. The summed E-state index contributed by atoms with van der Waals surface area (Å²) in [6.45, 7) is 2.44. The molecule has 0 bridgehead atoms. The van der Waals surface area contributed by atoms with Crippen LogP contribution in [-0.4, -0.2) is 37.9 Å². The fraction of sp³-hybridized carbons (Fsp3) is 0.217. The second kappa shape index (κ2) is 8.88. The van der Waals surface area contributed by atoms with Crippen LogP contribution in [0.25, 0.3) is 0 Å². The predicted molar refractivity (Wildman–Crippen MR) is 121 cm³/mol. The molecule has 9 heteroatoms. The molecule has 1 aliphatic rings. The SMILES string of the molecule is CCOc1cccc(C2CC(c3cccc(NS(C)(=O)=O)c3)=NN2C(=O)c2ccco2)c1. The number of rotatable bonds is 7.